The van der Waals surface area contributed by atoms with E-state index in [2.05, 4.69) is 15.4 Å². The molecule has 0 aliphatic rings. The van der Waals surface area contributed by atoms with Crippen LogP contribution in [-0.4, -0.2) is 66.2 Å². The van der Waals surface area contributed by atoms with Gasteiger partial charge in [-0.15, -0.1) is 5.10 Å². The van der Waals surface area contributed by atoms with E-state index in [9.17, 15) is 27.2 Å². The van der Waals surface area contributed by atoms with Crippen molar-refractivity contribution in [3.05, 3.63) is 96.4 Å². The van der Waals surface area contributed by atoms with E-state index in [-0.39, 0.29) is 34.0 Å². The van der Waals surface area contributed by atoms with Crippen LogP contribution in [0.1, 0.15) is 46.1 Å². The molecule has 0 fully saturated rings. The van der Waals surface area contributed by atoms with Crippen LogP contribution in [0, 0.1) is 11.7 Å². The van der Waals surface area contributed by atoms with Crippen LogP contribution < -0.4 is 20.7 Å². The molecule has 16 heteroatoms. The van der Waals surface area contributed by atoms with Gasteiger partial charge in [-0.05, 0) is 80.4 Å². The van der Waals surface area contributed by atoms with Crippen molar-refractivity contribution >= 4 is 50.8 Å². The van der Waals surface area contributed by atoms with E-state index in [1.165, 1.54) is 55.8 Å². The normalized spacial score (nSPS) is 12.9. The third kappa shape index (κ3) is 9.01. The highest BCUT2D eigenvalue weighted by atomic mass is 32.2. The fourth-order valence-corrected chi connectivity index (χ4v) is 5.74. The van der Waals surface area contributed by atoms with Crippen molar-refractivity contribution in [3.63, 3.8) is 0 Å². The van der Waals surface area contributed by atoms with Gasteiger partial charge in [0.05, 0.1) is 23.6 Å². The average Bonchev–Trinajstić information content (AvgIpc) is 3.53. The standard InChI is InChI=1S/C38H41FN6O8S/c1-22(2)34(52-35(47)38(4,5)40)53-37(48)45(30-18-17-29(54(7,49)50)20-31(30)51-6)36-42-32-19-12-26(21-44(32)43-36)25-10-15-28(16-11-25)41-33(46)23(3)24-8-13-27(39)14-9-24/h8-23,34H,40H2,1-7H3,(H,41,46)/t23-,34?/m1/s1. The zero-order valence-electron chi connectivity index (χ0n) is 30.7. The van der Waals surface area contributed by atoms with Crippen molar-refractivity contribution in [2.75, 3.05) is 23.6 Å². The topological polar surface area (TPSA) is 185 Å². The van der Waals surface area contributed by atoms with Gasteiger partial charge >= 0.3 is 12.1 Å². The SMILES string of the molecule is COc1cc(S(C)(=O)=O)ccc1N(C(=O)OC(OC(=O)C(C)(C)N)C(C)C)c1nc2ccc(-c3ccc(NC(=O)[C@H](C)c4ccc(F)cc4)cc3)cn2n1. The summed E-state index contributed by atoms with van der Waals surface area (Å²) in [5, 5.41) is 7.43. The molecule has 0 saturated carbocycles. The Bertz CT molecular complexity index is 2290. The number of halogens is 1. The first-order valence-corrected chi connectivity index (χ1v) is 18.7. The van der Waals surface area contributed by atoms with Crippen molar-refractivity contribution < 1.29 is 41.4 Å². The van der Waals surface area contributed by atoms with Gasteiger partial charge in [0.2, 0.25) is 5.91 Å². The molecule has 2 amide bonds. The summed E-state index contributed by atoms with van der Waals surface area (Å²) in [4.78, 5) is 45.0. The number of sulfone groups is 1. The molecule has 0 bridgehead atoms. The summed E-state index contributed by atoms with van der Waals surface area (Å²) >= 11 is 0. The number of aromatic nitrogens is 3. The molecule has 0 radical (unpaired) electrons. The third-order valence-corrected chi connectivity index (χ3v) is 9.39. The van der Waals surface area contributed by atoms with Gasteiger partial charge in [0.25, 0.3) is 12.2 Å². The number of nitrogens with one attached hydrogen (secondary N) is 1. The van der Waals surface area contributed by atoms with Gasteiger partial charge < -0.3 is 25.3 Å². The largest absolute Gasteiger partial charge is 0.495 e. The maximum Gasteiger partial charge on any atom is 0.424 e. The number of nitrogens with two attached hydrogens (primary N) is 1. The Labute approximate surface area is 312 Å². The molecule has 1 unspecified atom stereocenters. The Morgan fingerprint density at radius 2 is 1.57 bits per heavy atom. The molecule has 2 heterocycles. The smallest absolute Gasteiger partial charge is 0.424 e. The van der Waals surface area contributed by atoms with Crippen molar-refractivity contribution in [1.82, 2.24) is 14.6 Å². The van der Waals surface area contributed by atoms with Crippen molar-refractivity contribution in [2.24, 2.45) is 11.7 Å². The van der Waals surface area contributed by atoms with Gasteiger partial charge in [0.15, 0.2) is 15.5 Å². The first-order valence-electron chi connectivity index (χ1n) is 16.8. The summed E-state index contributed by atoms with van der Waals surface area (Å²) in [6.45, 7) is 8.00. The molecule has 5 aromatic rings. The van der Waals surface area contributed by atoms with Gasteiger partial charge in [-0.2, -0.15) is 4.98 Å². The molecular formula is C38H41FN6O8S. The highest BCUT2D eigenvalue weighted by Crippen LogP contribution is 2.36. The predicted molar refractivity (Wildman–Crippen MR) is 200 cm³/mol. The van der Waals surface area contributed by atoms with E-state index in [1.807, 2.05) is 12.1 Å². The van der Waals surface area contributed by atoms with E-state index < -0.39 is 45.6 Å². The Kier molecular flexibility index (Phi) is 11.4. The van der Waals surface area contributed by atoms with Gasteiger partial charge in [0.1, 0.15) is 17.1 Å². The molecule has 0 spiro atoms. The quantitative estimate of drug-likeness (QED) is 0.109. The van der Waals surface area contributed by atoms with Crippen LogP contribution in [0.25, 0.3) is 16.8 Å². The van der Waals surface area contributed by atoms with Crippen molar-refractivity contribution in [1.29, 1.82) is 0 Å². The second-order valence-electron chi connectivity index (χ2n) is 13.5. The molecule has 0 saturated heterocycles. The van der Waals surface area contributed by atoms with E-state index in [4.69, 9.17) is 19.9 Å². The second-order valence-corrected chi connectivity index (χ2v) is 15.6. The van der Waals surface area contributed by atoms with E-state index in [0.717, 1.165) is 22.3 Å². The number of carbonyl (C=O) groups is 3. The number of carbonyl (C=O) groups excluding carboxylic acids is 3. The number of ether oxygens (including phenoxy) is 3. The van der Waals surface area contributed by atoms with Crippen LogP contribution in [0.15, 0.2) is 90.0 Å². The summed E-state index contributed by atoms with van der Waals surface area (Å²) < 4.78 is 56.1. The van der Waals surface area contributed by atoms with Crippen LogP contribution in [0.3, 0.4) is 0 Å². The minimum absolute atomic E-state index is 0.00477. The number of nitrogens with zero attached hydrogens (tertiary/aromatic N) is 4. The lowest BCUT2D eigenvalue weighted by atomic mass is 10.00. The lowest BCUT2D eigenvalue weighted by Gasteiger charge is -2.28. The predicted octanol–water partition coefficient (Wildman–Crippen LogP) is 6.23. The number of fused-ring (bicyclic) bond motifs is 1. The molecule has 14 nitrogen and oxygen atoms in total. The van der Waals surface area contributed by atoms with E-state index in [0.29, 0.717) is 16.9 Å². The maximum atomic E-state index is 14.0. The number of benzene rings is 3. The second kappa shape index (κ2) is 15.6. The molecule has 5 rings (SSSR count). The zero-order valence-corrected chi connectivity index (χ0v) is 31.5. The number of methoxy groups -OCH3 is 1. The van der Waals surface area contributed by atoms with Crippen LogP contribution >= 0.6 is 0 Å². The number of hydrogen-bond acceptors (Lipinski definition) is 11. The summed E-state index contributed by atoms with van der Waals surface area (Å²) in [7, 11) is -2.34. The van der Waals surface area contributed by atoms with Gasteiger partial charge in [-0.25, -0.2) is 31.8 Å². The van der Waals surface area contributed by atoms with Crippen LogP contribution in [0.2, 0.25) is 0 Å². The molecule has 2 aromatic heterocycles. The van der Waals surface area contributed by atoms with Crippen LogP contribution in [-0.2, 0) is 28.9 Å². The molecule has 0 aliphatic carbocycles. The molecule has 54 heavy (non-hydrogen) atoms. The number of pyridine rings is 1. The van der Waals surface area contributed by atoms with Crippen LogP contribution in [0.4, 0.5) is 26.5 Å². The highest BCUT2D eigenvalue weighted by molar-refractivity contribution is 7.90. The minimum atomic E-state index is -3.65. The molecular weight excluding hydrogens is 720 g/mol. The highest BCUT2D eigenvalue weighted by Gasteiger charge is 2.34. The monoisotopic (exact) mass is 760 g/mol. The van der Waals surface area contributed by atoms with Gasteiger partial charge in [0, 0.05) is 35.7 Å². The van der Waals surface area contributed by atoms with E-state index in [1.54, 1.807) is 63.4 Å². The van der Waals surface area contributed by atoms with Crippen molar-refractivity contribution in [2.45, 2.75) is 57.3 Å². The van der Waals surface area contributed by atoms with E-state index >= 15 is 0 Å². The van der Waals surface area contributed by atoms with Crippen molar-refractivity contribution in [3.8, 4) is 16.9 Å². The summed E-state index contributed by atoms with van der Waals surface area (Å²) in [6, 6.07) is 20.3. The van der Waals surface area contributed by atoms with Crippen LogP contribution in [0.5, 0.6) is 5.75 Å². The molecule has 2 atom stereocenters. The average molecular weight is 761 g/mol. The Morgan fingerprint density at radius 3 is 2.17 bits per heavy atom. The number of hydrogen-bond donors (Lipinski definition) is 2. The molecule has 3 N–H and O–H groups in total. The Morgan fingerprint density at radius 1 is 0.926 bits per heavy atom. The third-order valence-electron chi connectivity index (χ3n) is 8.28. The first kappa shape index (κ1) is 39.3. The molecule has 284 valence electrons. The first-order chi connectivity index (χ1) is 25.3. The fraction of sp³-hybridized carbons (Fsp3) is 0.289. The number of rotatable bonds is 12. The molecule has 0 aliphatic heterocycles. The summed E-state index contributed by atoms with van der Waals surface area (Å²) in [5.74, 6) is -2.60. The summed E-state index contributed by atoms with van der Waals surface area (Å²) in [6.07, 6.45) is 0.310. The van der Waals surface area contributed by atoms with Gasteiger partial charge in [-0.3, -0.25) is 4.79 Å². The lowest BCUT2D eigenvalue weighted by molar-refractivity contribution is -0.179. The minimum Gasteiger partial charge on any atom is -0.495 e. The maximum absolute atomic E-state index is 14.0. The van der Waals surface area contributed by atoms with Gasteiger partial charge in [-0.1, -0.05) is 38.1 Å². The zero-order chi connectivity index (χ0) is 39.5. The number of anilines is 3. The summed E-state index contributed by atoms with van der Waals surface area (Å²) in [5.41, 5.74) is 7.66. The Hall–Kier alpha value is -5.87. The lowest BCUT2D eigenvalue weighted by Crippen LogP contribution is -2.46. The fourth-order valence-electron chi connectivity index (χ4n) is 5.10. The number of esters is 1. The Balaban J connectivity index is 1.46. The number of amides is 2. The molecule has 3 aromatic carbocycles.